The summed E-state index contributed by atoms with van der Waals surface area (Å²) in [6, 6.07) is 9.74. The first-order valence-corrected chi connectivity index (χ1v) is 15.4. The van der Waals surface area contributed by atoms with Gasteiger partial charge in [-0.15, -0.1) is 0 Å². The van der Waals surface area contributed by atoms with E-state index in [-0.39, 0.29) is 23.5 Å². The van der Waals surface area contributed by atoms with Gasteiger partial charge in [0.25, 0.3) is 0 Å². The highest BCUT2D eigenvalue weighted by molar-refractivity contribution is 8.10. The van der Waals surface area contributed by atoms with E-state index in [2.05, 4.69) is 0 Å². The maximum Gasteiger partial charge on any atom is 0.202 e. The number of ether oxygens (including phenoxy) is 4. The van der Waals surface area contributed by atoms with Crippen LogP contribution in [0.5, 0.6) is 23.0 Å². The fourth-order valence-electron chi connectivity index (χ4n) is 4.81. The van der Waals surface area contributed by atoms with Gasteiger partial charge < -0.3 is 24.1 Å². The molecule has 1 heterocycles. The molecular weight excluding hydrogens is 534 g/mol. The molecule has 0 spiro atoms. The lowest BCUT2D eigenvalue weighted by molar-refractivity contribution is 0.0125. The zero-order valence-electron chi connectivity index (χ0n) is 22.6. The number of likely N-dealkylation sites (N-methyl/N-ethyl adjacent to an activating group) is 1. The second-order valence-electron chi connectivity index (χ2n) is 9.39. The summed E-state index contributed by atoms with van der Waals surface area (Å²) >= 11 is 0. The van der Waals surface area contributed by atoms with Gasteiger partial charge >= 0.3 is 0 Å². The van der Waals surface area contributed by atoms with Crippen LogP contribution in [0.2, 0.25) is 0 Å². The molecule has 3 rings (SSSR count). The molecule has 1 aliphatic heterocycles. The lowest BCUT2D eigenvalue weighted by Gasteiger charge is -2.41. The molecule has 38 heavy (non-hydrogen) atoms. The van der Waals surface area contributed by atoms with Crippen LogP contribution in [0, 0.1) is 0 Å². The third kappa shape index (κ3) is 5.31. The summed E-state index contributed by atoms with van der Waals surface area (Å²) in [6.07, 6.45) is -1.45. The largest absolute Gasteiger partial charge is 0.493 e. The minimum Gasteiger partial charge on any atom is -0.493 e. The minimum absolute atomic E-state index is 0.00898. The third-order valence-electron chi connectivity index (χ3n) is 7.27. The van der Waals surface area contributed by atoms with E-state index >= 15 is 0 Å². The molecule has 0 amide bonds. The van der Waals surface area contributed by atoms with Gasteiger partial charge in [0, 0.05) is 13.0 Å². The molecule has 212 valence electrons. The average Bonchev–Trinajstić information content (AvgIpc) is 2.91. The van der Waals surface area contributed by atoms with Crippen molar-refractivity contribution in [1.29, 1.82) is 0 Å². The first-order valence-electron chi connectivity index (χ1n) is 12.2. The van der Waals surface area contributed by atoms with Crippen LogP contribution in [0.4, 0.5) is 0 Å². The SMILES string of the molecule is COc1ccc(CCN(C)C(O)CC2(c3ccc(OC)c(OC)c3)S(=O)(=O)CCC(C)S2(=O)=O)cc1OC. The van der Waals surface area contributed by atoms with Gasteiger partial charge in [0.1, 0.15) is 6.23 Å². The Hall–Kier alpha value is -2.54. The molecule has 2 aromatic carbocycles. The average molecular weight is 572 g/mol. The molecule has 12 heteroatoms. The van der Waals surface area contributed by atoms with E-state index in [1.165, 1.54) is 46.5 Å². The van der Waals surface area contributed by atoms with Crippen molar-refractivity contribution in [2.45, 2.75) is 41.7 Å². The molecule has 0 aromatic heterocycles. The van der Waals surface area contributed by atoms with Crippen molar-refractivity contribution < 1.29 is 40.9 Å². The van der Waals surface area contributed by atoms with Crippen molar-refractivity contribution in [3.05, 3.63) is 47.5 Å². The summed E-state index contributed by atoms with van der Waals surface area (Å²) in [4.78, 5) is 1.55. The molecule has 10 nitrogen and oxygen atoms in total. The van der Waals surface area contributed by atoms with Crippen LogP contribution in [-0.4, -0.2) is 86.1 Å². The highest BCUT2D eigenvalue weighted by Crippen LogP contribution is 2.49. The van der Waals surface area contributed by atoms with Crippen LogP contribution in [0.15, 0.2) is 36.4 Å². The van der Waals surface area contributed by atoms with Crippen LogP contribution >= 0.6 is 0 Å². The van der Waals surface area contributed by atoms with Gasteiger partial charge in [-0.3, -0.25) is 4.90 Å². The summed E-state index contributed by atoms with van der Waals surface area (Å²) in [5, 5.41) is 10.3. The summed E-state index contributed by atoms with van der Waals surface area (Å²) in [5.41, 5.74) is 0.928. The Labute approximate surface area is 225 Å². The first-order chi connectivity index (χ1) is 17.9. The number of aliphatic hydroxyl groups is 1. The van der Waals surface area contributed by atoms with E-state index < -0.39 is 41.7 Å². The van der Waals surface area contributed by atoms with E-state index in [1.807, 2.05) is 12.1 Å². The standard InChI is InChI=1S/C26H37NO9S2/c1-18-12-14-37(29,30)26(38(18,31)32,20-8-10-22(34-4)24(16-20)36-6)17-25(28)27(2)13-11-19-7-9-21(33-3)23(15-19)35-5/h7-10,15-16,18,25,28H,11-14,17H2,1-6H3. The Kier molecular flexibility index (Phi) is 9.23. The fourth-order valence-corrected chi connectivity index (χ4v) is 10.9. The zero-order chi connectivity index (χ0) is 28.3. The Balaban J connectivity index is 1.99. The molecule has 0 saturated carbocycles. The summed E-state index contributed by atoms with van der Waals surface area (Å²) in [7, 11) is -0.994. The van der Waals surface area contributed by atoms with Crippen LogP contribution < -0.4 is 18.9 Å². The number of methoxy groups -OCH3 is 4. The number of hydrogen-bond donors (Lipinski definition) is 1. The molecule has 0 aliphatic carbocycles. The molecule has 1 saturated heterocycles. The van der Waals surface area contributed by atoms with E-state index in [9.17, 15) is 21.9 Å². The predicted octanol–water partition coefficient (Wildman–Crippen LogP) is 2.38. The highest BCUT2D eigenvalue weighted by atomic mass is 32.3. The molecule has 1 aliphatic rings. The molecule has 0 bridgehead atoms. The number of sulfone groups is 2. The molecule has 0 radical (unpaired) electrons. The number of aliphatic hydroxyl groups excluding tert-OH is 1. The molecule has 3 atom stereocenters. The van der Waals surface area contributed by atoms with Gasteiger partial charge in [-0.2, -0.15) is 0 Å². The lowest BCUT2D eigenvalue weighted by atomic mass is 10.1. The molecule has 2 aromatic rings. The molecule has 1 fully saturated rings. The normalized spacial score (nSPS) is 23.0. The Morgan fingerprint density at radius 2 is 1.47 bits per heavy atom. The van der Waals surface area contributed by atoms with Crippen LogP contribution in [-0.2, 0) is 30.2 Å². The van der Waals surface area contributed by atoms with Crippen LogP contribution in [0.3, 0.4) is 0 Å². The van der Waals surface area contributed by atoms with E-state index in [1.54, 1.807) is 25.1 Å². The lowest BCUT2D eigenvalue weighted by Crippen LogP contribution is -2.55. The van der Waals surface area contributed by atoms with E-state index in [0.29, 0.717) is 30.2 Å². The van der Waals surface area contributed by atoms with Gasteiger partial charge in [0.05, 0.1) is 39.4 Å². The maximum atomic E-state index is 13.9. The van der Waals surface area contributed by atoms with Crippen molar-refractivity contribution in [3.8, 4) is 23.0 Å². The molecule has 3 unspecified atom stereocenters. The van der Waals surface area contributed by atoms with Gasteiger partial charge in [0.2, 0.25) is 4.08 Å². The molecule has 1 N–H and O–H groups in total. The number of rotatable bonds is 11. The van der Waals surface area contributed by atoms with Gasteiger partial charge in [-0.25, -0.2) is 16.8 Å². The van der Waals surface area contributed by atoms with Gasteiger partial charge in [0.15, 0.2) is 42.7 Å². The van der Waals surface area contributed by atoms with E-state index in [4.69, 9.17) is 18.9 Å². The monoisotopic (exact) mass is 571 g/mol. The van der Waals surface area contributed by atoms with Crippen molar-refractivity contribution in [3.63, 3.8) is 0 Å². The Bertz CT molecular complexity index is 1340. The topological polar surface area (TPSA) is 129 Å². The zero-order valence-corrected chi connectivity index (χ0v) is 24.3. The fraction of sp³-hybridized carbons (Fsp3) is 0.538. The Morgan fingerprint density at radius 1 is 0.921 bits per heavy atom. The molecular formula is C26H37NO9S2. The summed E-state index contributed by atoms with van der Waals surface area (Å²) in [5.74, 6) is 1.36. The van der Waals surface area contributed by atoms with Crippen molar-refractivity contribution >= 4 is 19.7 Å². The van der Waals surface area contributed by atoms with Crippen molar-refractivity contribution in [1.82, 2.24) is 4.90 Å². The van der Waals surface area contributed by atoms with Crippen molar-refractivity contribution in [2.24, 2.45) is 0 Å². The number of nitrogens with zero attached hydrogens (tertiary/aromatic N) is 1. The minimum atomic E-state index is -4.28. The number of hydrogen-bond acceptors (Lipinski definition) is 10. The second-order valence-corrected chi connectivity index (χ2v) is 14.6. The second kappa shape index (κ2) is 11.7. The van der Waals surface area contributed by atoms with Crippen LogP contribution in [0.1, 0.15) is 30.9 Å². The van der Waals surface area contributed by atoms with Gasteiger partial charge in [-0.05, 0) is 62.2 Å². The Morgan fingerprint density at radius 3 is 2.05 bits per heavy atom. The van der Waals surface area contributed by atoms with Crippen molar-refractivity contribution in [2.75, 3.05) is 47.8 Å². The smallest absolute Gasteiger partial charge is 0.202 e. The summed E-state index contributed by atoms with van der Waals surface area (Å²) < 4.78 is 74.0. The van der Waals surface area contributed by atoms with Gasteiger partial charge in [-0.1, -0.05) is 12.1 Å². The maximum absolute atomic E-state index is 13.9. The first kappa shape index (κ1) is 30.0. The van der Waals surface area contributed by atoms with Crippen LogP contribution in [0.25, 0.3) is 0 Å². The quantitative estimate of drug-likeness (QED) is 0.402. The predicted molar refractivity (Wildman–Crippen MR) is 145 cm³/mol. The number of benzene rings is 2. The summed E-state index contributed by atoms with van der Waals surface area (Å²) in [6.45, 7) is 1.83. The van der Waals surface area contributed by atoms with E-state index in [0.717, 1.165) is 5.56 Å². The highest BCUT2D eigenvalue weighted by Gasteiger charge is 2.61. The third-order valence-corrected chi connectivity index (χ3v) is 13.5.